The molecule has 0 radical (unpaired) electrons. The molecule has 4 heteroatoms. The van der Waals surface area contributed by atoms with Crippen LogP contribution in [0, 0.1) is 5.92 Å². The van der Waals surface area contributed by atoms with Crippen molar-refractivity contribution in [3.05, 3.63) is 28.2 Å². The first-order chi connectivity index (χ1) is 10.2. The van der Waals surface area contributed by atoms with Gasteiger partial charge in [0.2, 0.25) is 0 Å². The van der Waals surface area contributed by atoms with E-state index in [0.717, 1.165) is 22.7 Å². The van der Waals surface area contributed by atoms with E-state index in [4.69, 9.17) is 9.47 Å². The van der Waals surface area contributed by atoms with E-state index in [1.54, 1.807) is 0 Å². The highest BCUT2D eigenvalue weighted by Gasteiger charge is 2.31. The van der Waals surface area contributed by atoms with Gasteiger partial charge in [-0.25, -0.2) is 0 Å². The molecule has 0 heterocycles. The number of nitrogens with one attached hydrogen (secondary N) is 1. The van der Waals surface area contributed by atoms with Gasteiger partial charge in [0.1, 0.15) is 5.75 Å². The Balaban J connectivity index is 1.93. The Kier molecular flexibility index (Phi) is 6.52. The lowest BCUT2D eigenvalue weighted by molar-refractivity contribution is -0.0289. The average molecular weight is 356 g/mol. The molecule has 21 heavy (non-hydrogen) atoms. The molecule has 2 rings (SSSR count). The molecule has 0 saturated heterocycles. The molecule has 1 aliphatic carbocycles. The molecule has 1 aromatic rings. The van der Waals surface area contributed by atoms with Crippen molar-refractivity contribution < 1.29 is 9.47 Å². The molecule has 0 bridgehead atoms. The van der Waals surface area contributed by atoms with Crippen LogP contribution >= 0.6 is 15.9 Å². The van der Waals surface area contributed by atoms with Gasteiger partial charge in [0.25, 0.3) is 0 Å². The van der Waals surface area contributed by atoms with Crippen molar-refractivity contribution in [2.24, 2.45) is 5.92 Å². The van der Waals surface area contributed by atoms with E-state index in [1.165, 1.54) is 24.8 Å². The molecule has 0 aromatic heterocycles. The van der Waals surface area contributed by atoms with Gasteiger partial charge in [-0.3, -0.25) is 0 Å². The Labute approximate surface area is 136 Å². The van der Waals surface area contributed by atoms with Crippen LogP contribution in [0.2, 0.25) is 0 Å². The zero-order valence-electron chi connectivity index (χ0n) is 13.2. The van der Waals surface area contributed by atoms with E-state index in [-0.39, 0.29) is 0 Å². The summed E-state index contributed by atoms with van der Waals surface area (Å²) in [6.45, 7) is 5.59. The highest BCUT2D eigenvalue weighted by molar-refractivity contribution is 9.10. The summed E-state index contributed by atoms with van der Waals surface area (Å²) in [6, 6.07) is 6.78. The third kappa shape index (κ3) is 4.44. The van der Waals surface area contributed by atoms with Crippen LogP contribution in [0.25, 0.3) is 0 Å². The number of halogens is 1. The second-order valence-electron chi connectivity index (χ2n) is 5.61. The first-order valence-corrected chi connectivity index (χ1v) is 8.68. The van der Waals surface area contributed by atoms with Crippen molar-refractivity contribution >= 4 is 15.9 Å². The van der Waals surface area contributed by atoms with Crippen LogP contribution in [-0.2, 0) is 4.74 Å². The summed E-state index contributed by atoms with van der Waals surface area (Å²) in [4.78, 5) is 0. The Morgan fingerprint density at radius 3 is 2.62 bits per heavy atom. The van der Waals surface area contributed by atoms with Crippen LogP contribution in [0.3, 0.4) is 0 Å². The van der Waals surface area contributed by atoms with Gasteiger partial charge in [0, 0.05) is 12.6 Å². The van der Waals surface area contributed by atoms with Gasteiger partial charge < -0.3 is 14.8 Å². The van der Waals surface area contributed by atoms with E-state index in [1.807, 2.05) is 14.0 Å². The minimum Gasteiger partial charge on any atom is -0.493 e. The summed E-state index contributed by atoms with van der Waals surface area (Å²) in [5.74, 6) is 1.68. The van der Waals surface area contributed by atoms with E-state index in [2.05, 4.69) is 46.4 Å². The molecule has 1 aliphatic rings. The molecule has 0 aliphatic heterocycles. The monoisotopic (exact) mass is 355 g/mol. The Hall–Kier alpha value is -0.580. The van der Waals surface area contributed by atoms with Crippen LogP contribution < -0.4 is 10.1 Å². The smallest absolute Gasteiger partial charge is 0.133 e. The number of hydrogen-bond acceptors (Lipinski definition) is 3. The molecule has 0 amide bonds. The number of ether oxygens (including phenoxy) is 2. The summed E-state index contributed by atoms with van der Waals surface area (Å²) in [5.41, 5.74) is 1.31. The maximum absolute atomic E-state index is 5.65. The molecule has 1 unspecified atom stereocenters. The second-order valence-corrected chi connectivity index (χ2v) is 6.47. The molecule has 1 saturated carbocycles. The first-order valence-electron chi connectivity index (χ1n) is 7.89. The third-order valence-electron chi connectivity index (χ3n) is 4.17. The quantitative estimate of drug-likeness (QED) is 0.753. The zero-order chi connectivity index (χ0) is 15.2. The number of hydrogen-bond donors (Lipinski definition) is 1. The second kappa shape index (κ2) is 8.16. The highest BCUT2D eigenvalue weighted by atomic mass is 79.9. The topological polar surface area (TPSA) is 30.5 Å². The molecule has 118 valence electrons. The molecule has 1 fully saturated rings. The summed E-state index contributed by atoms with van der Waals surface area (Å²) < 4.78 is 12.3. The Morgan fingerprint density at radius 1 is 1.29 bits per heavy atom. The van der Waals surface area contributed by atoms with E-state index < -0.39 is 0 Å². The minimum absolute atomic E-state index is 0.393. The normalized spacial score (nSPS) is 22.7. The molecule has 0 spiro atoms. The Morgan fingerprint density at radius 2 is 2.05 bits per heavy atom. The average Bonchev–Trinajstić information content (AvgIpc) is 2.44. The fourth-order valence-electron chi connectivity index (χ4n) is 3.00. The lowest BCUT2D eigenvalue weighted by Gasteiger charge is -2.37. The predicted molar refractivity (Wildman–Crippen MR) is 89.9 cm³/mol. The van der Waals surface area contributed by atoms with Gasteiger partial charge >= 0.3 is 0 Å². The van der Waals surface area contributed by atoms with E-state index in [9.17, 15) is 0 Å². The maximum atomic E-state index is 5.65. The van der Waals surface area contributed by atoms with Crippen molar-refractivity contribution in [1.29, 1.82) is 0 Å². The van der Waals surface area contributed by atoms with Gasteiger partial charge in [-0.15, -0.1) is 0 Å². The molecule has 1 aromatic carbocycles. The molecular formula is C17H26BrNO2. The molecule has 3 nitrogen and oxygen atoms in total. The fraction of sp³-hybridized carbons (Fsp3) is 0.647. The summed E-state index contributed by atoms with van der Waals surface area (Å²) >= 11 is 3.60. The lowest BCUT2D eigenvalue weighted by atomic mass is 9.77. The van der Waals surface area contributed by atoms with E-state index >= 15 is 0 Å². The molecule has 1 N–H and O–H groups in total. The fourth-order valence-corrected chi connectivity index (χ4v) is 3.51. The van der Waals surface area contributed by atoms with Crippen LogP contribution in [0.4, 0.5) is 0 Å². The van der Waals surface area contributed by atoms with Crippen LogP contribution in [-0.4, -0.2) is 26.4 Å². The van der Waals surface area contributed by atoms with Crippen LogP contribution in [0.1, 0.15) is 44.7 Å². The first kappa shape index (κ1) is 16.8. The summed E-state index contributed by atoms with van der Waals surface area (Å²) in [6.07, 6.45) is 4.05. The highest BCUT2D eigenvalue weighted by Crippen LogP contribution is 2.38. The minimum atomic E-state index is 0.393. The lowest BCUT2D eigenvalue weighted by Crippen LogP contribution is -2.34. The summed E-state index contributed by atoms with van der Waals surface area (Å²) in [7, 11) is 2.04. The largest absolute Gasteiger partial charge is 0.493 e. The standard InChI is InChI=1S/C17H26BrNO2/c1-4-20-14-8-12(9-14)10-16(19-3)13-6-7-17(21-5-2)15(18)11-13/h6-7,11-12,14,16,19H,4-5,8-10H2,1-3H3. The number of benzene rings is 1. The van der Waals surface area contributed by atoms with Crippen molar-refractivity contribution in [3.8, 4) is 5.75 Å². The van der Waals surface area contributed by atoms with Gasteiger partial charge in [-0.1, -0.05) is 6.07 Å². The number of rotatable bonds is 8. The van der Waals surface area contributed by atoms with Crippen LogP contribution in [0.5, 0.6) is 5.75 Å². The predicted octanol–water partition coefficient (Wildman–Crippen LogP) is 4.31. The van der Waals surface area contributed by atoms with Gasteiger partial charge in [-0.05, 0) is 79.7 Å². The van der Waals surface area contributed by atoms with Gasteiger partial charge in [0.15, 0.2) is 0 Å². The van der Waals surface area contributed by atoms with Crippen LogP contribution in [0.15, 0.2) is 22.7 Å². The van der Waals surface area contributed by atoms with Crippen molar-refractivity contribution in [3.63, 3.8) is 0 Å². The van der Waals surface area contributed by atoms with Crippen molar-refractivity contribution in [1.82, 2.24) is 5.32 Å². The molecular weight excluding hydrogens is 330 g/mol. The molecule has 1 atom stereocenters. The third-order valence-corrected chi connectivity index (χ3v) is 4.79. The van der Waals surface area contributed by atoms with E-state index in [0.29, 0.717) is 18.8 Å². The SMILES string of the molecule is CCOc1ccc(C(CC2CC(OCC)C2)NC)cc1Br. The summed E-state index contributed by atoms with van der Waals surface area (Å²) in [5, 5.41) is 3.44. The maximum Gasteiger partial charge on any atom is 0.133 e. The van der Waals surface area contributed by atoms with Gasteiger partial charge in [0.05, 0.1) is 17.2 Å². The van der Waals surface area contributed by atoms with Crippen molar-refractivity contribution in [2.45, 2.75) is 45.3 Å². The van der Waals surface area contributed by atoms with Crippen molar-refractivity contribution in [2.75, 3.05) is 20.3 Å². The van der Waals surface area contributed by atoms with Gasteiger partial charge in [-0.2, -0.15) is 0 Å². The zero-order valence-corrected chi connectivity index (χ0v) is 14.8. The Bertz CT molecular complexity index is 446.